The standard InChI is InChI=1S/C8H12N2O4/c1-14-7(12)4-10-8(13)5-2-6(11)9-3-5/h5H,2-4H2,1H3,(H,9,11)(H,10,13). The second-order valence-electron chi connectivity index (χ2n) is 3.00. The summed E-state index contributed by atoms with van der Waals surface area (Å²) in [5.41, 5.74) is 0. The Hall–Kier alpha value is -1.59. The first-order valence-electron chi connectivity index (χ1n) is 4.24. The maximum Gasteiger partial charge on any atom is 0.325 e. The third kappa shape index (κ3) is 2.72. The summed E-state index contributed by atoms with van der Waals surface area (Å²) in [5.74, 6) is -1.31. The van der Waals surface area contributed by atoms with Crippen LogP contribution in [-0.4, -0.2) is 38.0 Å². The maximum absolute atomic E-state index is 11.3. The minimum atomic E-state index is -0.504. The number of nitrogens with one attached hydrogen (secondary N) is 2. The number of amides is 2. The highest BCUT2D eigenvalue weighted by Gasteiger charge is 2.27. The summed E-state index contributed by atoms with van der Waals surface area (Å²) in [6, 6.07) is 0. The molecular weight excluding hydrogens is 188 g/mol. The SMILES string of the molecule is COC(=O)CNC(=O)C1CNC(=O)C1. The minimum Gasteiger partial charge on any atom is -0.468 e. The first-order chi connectivity index (χ1) is 6.63. The number of carbonyl (C=O) groups excluding carboxylic acids is 3. The summed E-state index contributed by atoms with van der Waals surface area (Å²) in [7, 11) is 1.25. The monoisotopic (exact) mass is 200 g/mol. The summed E-state index contributed by atoms with van der Waals surface area (Å²) in [5, 5.41) is 4.93. The molecule has 1 aliphatic rings. The fourth-order valence-corrected chi connectivity index (χ4v) is 1.17. The van der Waals surface area contributed by atoms with Gasteiger partial charge in [0.05, 0.1) is 13.0 Å². The lowest BCUT2D eigenvalue weighted by Gasteiger charge is -2.07. The highest BCUT2D eigenvalue weighted by Crippen LogP contribution is 2.07. The lowest BCUT2D eigenvalue weighted by Crippen LogP contribution is -2.35. The van der Waals surface area contributed by atoms with Gasteiger partial charge in [-0.1, -0.05) is 0 Å². The van der Waals surface area contributed by atoms with E-state index in [4.69, 9.17) is 0 Å². The van der Waals surface area contributed by atoms with Crippen molar-refractivity contribution in [1.82, 2.24) is 10.6 Å². The molecule has 0 aliphatic carbocycles. The molecule has 14 heavy (non-hydrogen) atoms. The molecule has 2 amide bonds. The van der Waals surface area contributed by atoms with Gasteiger partial charge in [-0.05, 0) is 0 Å². The van der Waals surface area contributed by atoms with E-state index in [9.17, 15) is 14.4 Å². The number of esters is 1. The first kappa shape index (κ1) is 10.5. The molecule has 0 bridgehead atoms. The number of hydrogen-bond donors (Lipinski definition) is 2. The Morgan fingerprint density at radius 2 is 2.36 bits per heavy atom. The molecule has 1 atom stereocenters. The smallest absolute Gasteiger partial charge is 0.325 e. The van der Waals surface area contributed by atoms with E-state index in [0.29, 0.717) is 6.54 Å². The van der Waals surface area contributed by atoms with Crippen molar-refractivity contribution < 1.29 is 19.1 Å². The van der Waals surface area contributed by atoms with Gasteiger partial charge in [0.2, 0.25) is 11.8 Å². The van der Waals surface area contributed by atoms with Crippen LogP contribution in [0.1, 0.15) is 6.42 Å². The van der Waals surface area contributed by atoms with E-state index < -0.39 is 5.97 Å². The van der Waals surface area contributed by atoms with Crippen molar-refractivity contribution in [3.63, 3.8) is 0 Å². The summed E-state index contributed by atoms with van der Waals surface area (Å²) < 4.78 is 4.35. The maximum atomic E-state index is 11.3. The fraction of sp³-hybridized carbons (Fsp3) is 0.625. The Morgan fingerprint density at radius 3 is 2.86 bits per heavy atom. The molecule has 1 unspecified atom stereocenters. The Balaban J connectivity index is 2.28. The average molecular weight is 200 g/mol. The van der Waals surface area contributed by atoms with Gasteiger partial charge >= 0.3 is 5.97 Å². The summed E-state index contributed by atoms with van der Waals surface area (Å²) in [6.07, 6.45) is 0.188. The fourth-order valence-electron chi connectivity index (χ4n) is 1.17. The molecule has 0 aromatic rings. The molecule has 1 heterocycles. The zero-order valence-corrected chi connectivity index (χ0v) is 7.83. The molecular formula is C8H12N2O4. The number of methoxy groups -OCH3 is 1. The highest BCUT2D eigenvalue weighted by molar-refractivity contribution is 5.90. The Bertz CT molecular complexity index is 264. The normalized spacial score (nSPS) is 20.1. The van der Waals surface area contributed by atoms with Crippen LogP contribution >= 0.6 is 0 Å². The lowest BCUT2D eigenvalue weighted by atomic mass is 10.1. The van der Waals surface area contributed by atoms with E-state index in [1.165, 1.54) is 7.11 Å². The molecule has 2 N–H and O–H groups in total. The molecule has 0 spiro atoms. The zero-order valence-electron chi connectivity index (χ0n) is 7.83. The van der Waals surface area contributed by atoms with Crippen LogP contribution in [0.2, 0.25) is 0 Å². The van der Waals surface area contributed by atoms with E-state index in [2.05, 4.69) is 15.4 Å². The zero-order chi connectivity index (χ0) is 10.6. The predicted molar refractivity (Wildman–Crippen MR) is 46.1 cm³/mol. The van der Waals surface area contributed by atoms with Crippen LogP contribution in [0.3, 0.4) is 0 Å². The first-order valence-corrected chi connectivity index (χ1v) is 4.24. The molecule has 0 saturated carbocycles. The van der Waals surface area contributed by atoms with Gasteiger partial charge in [0, 0.05) is 13.0 Å². The second-order valence-corrected chi connectivity index (χ2v) is 3.00. The molecule has 1 saturated heterocycles. The molecule has 0 aromatic carbocycles. The van der Waals surface area contributed by atoms with E-state index in [0.717, 1.165) is 0 Å². The summed E-state index contributed by atoms with van der Waals surface area (Å²) in [6.45, 7) is 0.186. The highest BCUT2D eigenvalue weighted by atomic mass is 16.5. The topological polar surface area (TPSA) is 84.5 Å². The minimum absolute atomic E-state index is 0.136. The van der Waals surface area contributed by atoms with E-state index >= 15 is 0 Å². The Kier molecular flexibility index (Phi) is 3.44. The lowest BCUT2D eigenvalue weighted by molar-refractivity contribution is -0.141. The van der Waals surface area contributed by atoms with Gasteiger partial charge in [0.1, 0.15) is 6.54 Å². The van der Waals surface area contributed by atoms with Crippen molar-refractivity contribution in [3.05, 3.63) is 0 Å². The van der Waals surface area contributed by atoms with Crippen LogP contribution < -0.4 is 10.6 Å². The van der Waals surface area contributed by atoms with Gasteiger partial charge in [-0.2, -0.15) is 0 Å². The molecule has 1 rings (SSSR count). The average Bonchev–Trinajstić information content (AvgIpc) is 2.60. The molecule has 78 valence electrons. The Morgan fingerprint density at radius 1 is 1.64 bits per heavy atom. The van der Waals surface area contributed by atoms with Crippen LogP contribution in [0, 0.1) is 5.92 Å². The number of hydrogen-bond acceptors (Lipinski definition) is 4. The van der Waals surface area contributed by atoms with Gasteiger partial charge in [-0.3, -0.25) is 14.4 Å². The van der Waals surface area contributed by atoms with Crippen LogP contribution in [-0.2, 0) is 19.1 Å². The van der Waals surface area contributed by atoms with Gasteiger partial charge in [0.25, 0.3) is 0 Å². The van der Waals surface area contributed by atoms with Crippen molar-refractivity contribution in [2.45, 2.75) is 6.42 Å². The van der Waals surface area contributed by atoms with E-state index in [1.54, 1.807) is 0 Å². The van der Waals surface area contributed by atoms with Crippen molar-refractivity contribution in [3.8, 4) is 0 Å². The third-order valence-corrected chi connectivity index (χ3v) is 1.98. The summed E-state index contributed by atoms with van der Waals surface area (Å²) in [4.78, 5) is 32.7. The van der Waals surface area contributed by atoms with Gasteiger partial charge in [-0.15, -0.1) is 0 Å². The van der Waals surface area contributed by atoms with Crippen LogP contribution in [0.5, 0.6) is 0 Å². The predicted octanol–water partition coefficient (Wildman–Crippen LogP) is -1.59. The van der Waals surface area contributed by atoms with Gasteiger partial charge < -0.3 is 15.4 Å². The van der Waals surface area contributed by atoms with Crippen molar-refractivity contribution in [2.24, 2.45) is 5.92 Å². The van der Waals surface area contributed by atoms with Crippen LogP contribution in [0.25, 0.3) is 0 Å². The van der Waals surface area contributed by atoms with Gasteiger partial charge in [0.15, 0.2) is 0 Å². The molecule has 6 nitrogen and oxygen atoms in total. The number of ether oxygens (including phenoxy) is 1. The largest absolute Gasteiger partial charge is 0.468 e. The van der Waals surface area contributed by atoms with E-state index in [1.807, 2.05) is 0 Å². The molecule has 0 aromatic heterocycles. The summed E-state index contributed by atoms with van der Waals surface area (Å²) >= 11 is 0. The van der Waals surface area contributed by atoms with Crippen molar-refractivity contribution >= 4 is 17.8 Å². The molecule has 0 radical (unpaired) electrons. The number of rotatable bonds is 3. The molecule has 6 heteroatoms. The van der Waals surface area contributed by atoms with Crippen LogP contribution in [0.15, 0.2) is 0 Å². The third-order valence-electron chi connectivity index (χ3n) is 1.98. The van der Waals surface area contributed by atoms with Crippen molar-refractivity contribution in [1.29, 1.82) is 0 Å². The molecule has 1 aliphatic heterocycles. The van der Waals surface area contributed by atoms with Gasteiger partial charge in [-0.25, -0.2) is 0 Å². The Labute approximate surface area is 81.0 Å². The van der Waals surface area contributed by atoms with E-state index in [-0.39, 0.29) is 30.7 Å². The van der Waals surface area contributed by atoms with Crippen molar-refractivity contribution in [2.75, 3.05) is 20.2 Å². The number of carbonyl (C=O) groups is 3. The van der Waals surface area contributed by atoms with Crippen LogP contribution in [0.4, 0.5) is 0 Å². The second kappa shape index (κ2) is 4.59. The molecule has 1 fully saturated rings. The quantitative estimate of drug-likeness (QED) is 0.538.